The van der Waals surface area contributed by atoms with Crippen LogP contribution < -0.4 is 11.1 Å². The van der Waals surface area contributed by atoms with Gasteiger partial charge in [0.25, 0.3) is 0 Å². The number of ether oxygens (including phenoxy) is 1. The highest BCUT2D eigenvalue weighted by Gasteiger charge is 2.03. The largest absolute Gasteiger partial charge is 0.381 e. The van der Waals surface area contributed by atoms with Gasteiger partial charge in [-0.25, -0.2) is 0 Å². The number of nitrogens with two attached hydrogens (primary N) is 1. The number of amides is 1. The molecule has 0 unspecified atom stereocenters. The number of anilines is 1. The molecule has 0 saturated carbocycles. The molecule has 1 rings (SSSR count). The molecule has 0 saturated heterocycles. The number of hydrogen-bond acceptors (Lipinski definition) is 3. The Bertz CT molecular complexity index is 405. The van der Waals surface area contributed by atoms with Crippen LogP contribution in [0.5, 0.6) is 0 Å². The van der Waals surface area contributed by atoms with Crippen LogP contribution in [-0.2, 0) is 16.1 Å². The summed E-state index contributed by atoms with van der Waals surface area (Å²) in [6.07, 6.45) is 2.30. The van der Waals surface area contributed by atoms with Gasteiger partial charge >= 0.3 is 0 Å². The first-order chi connectivity index (χ1) is 9.61. The Labute approximate surface area is 121 Å². The van der Waals surface area contributed by atoms with E-state index in [1.807, 2.05) is 24.3 Å². The number of carbonyl (C=O) groups is 1. The molecule has 0 aliphatic heterocycles. The van der Waals surface area contributed by atoms with E-state index < -0.39 is 0 Å². The van der Waals surface area contributed by atoms with Gasteiger partial charge in [-0.05, 0) is 36.5 Å². The van der Waals surface area contributed by atoms with E-state index in [-0.39, 0.29) is 5.91 Å². The van der Waals surface area contributed by atoms with E-state index in [2.05, 4.69) is 19.2 Å². The van der Waals surface area contributed by atoms with Crippen molar-refractivity contribution < 1.29 is 9.53 Å². The predicted octanol–water partition coefficient (Wildman–Crippen LogP) is 2.93. The molecule has 112 valence electrons. The fraction of sp³-hybridized carbons (Fsp3) is 0.562. The second kappa shape index (κ2) is 9.50. The molecule has 1 aromatic carbocycles. The Balaban J connectivity index is 2.16. The second-order valence-electron chi connectivity index (χ2n) is 5.35. The summed E-state index contributed by atoms with van der Waals surface area (Å²) in [6.45, 7) is 6.24. The van der Waals surface area contributed by atoms with E-state index in [1.165, 1.54) is 0 Å². The van der Waals surface area contributed by atoms with Gasteiger partial charge in [-0.1, -0.05) is 26.0 Å². The van der Waals surface area contributed by atoms with Crippen LogP contribution in [0.2, 0.25) is 0 Å². The fourth-order valence-corrected chi connectivity index (χ4v) is 1.76. The van der Waals surface area contributed by atoms with Crippen LogP contribution in [0, 0.1) is 5.92 Å². The summed E-state index contributed by atoms with van der Waals surface area (Å²) >= 11 is 0. The Morgan fingerprint density at radius 2 is 2.15 bits per heavy atom. The third-order valence-corrected chi connectivity index (χ3v) is 2.98. The summed E-state index contributed by atoms with van der Waals surface area (Å²) in [6, 6.07) is 7.61. The van der Waals surface area contributed by atoms with Gasteiger partial charge in [0.1, 0.15) is 0 Å². The van der Waals surface area contributed by atoms with E-state index in [0.717, 1.165) is 30.7 Å². The van der Waals surface area contributed by atoms with Crippen molar-refractivity contribution in [3.05, 3.63) is 29.8 Å². The standard InChI is InChI=1S/C16H26N2O2/c1-13(2)8-10-20-9-4-7-16(19)18-15-6-3-5-14(11-15)12-17/h3,5-6,11,13H,4,7-10,12,17H2,1-2H3,(H,18,19). The topological polar surface area (TPSA) is 64.3 Å². The maximum absolute atomic E-state index is 11.8. The summed E-state index contributed by atoms with van der Waals surface area (Å²) in [5, 5.41) is 2.88. The number of carbonyl (C=O) groups excluding carboxylic acids is 1. The Morgan fingerprint density at radius 3 is 2.85 bits per heavy atom. The van der Waals surface area contributed by atoms with Crippen LogP contribution in [-0.4, -0.2) is 19.1 Å². The van der Waals surface area contributed by atoms with Crippen LogP contribution in [0.15, 0.2) is 24.3 Å². The third kappa shape index (κ3) is 7.26. The molecule has 3 N–H and O–H groups in total. The third-order valence-electron chi connectivity index (χ3n) is 2.98. The van der Waals surface area contributed by atoms with Crippen molar-refractivity contribution in [2.45, 2.75) is 39.7 Å². The maximum atomic E-state index is 11.8. The quantitative estimate of drug-likeness (QED) is 0.683. The van der Waals surface area contributed by atoms with Crippen LogP contribution in [0.25, 0.3) is 0 Å². The average Bonchev–Trinajstić information content (AvgIpc) is 2.42. The van der Waals surface area contributed by atoms with Gasteiger partial charge < -0.3 is 15.8 Å². The second-order valence-corrected chi connectivity index (χ2v) is 5.35. The number of rotatable bonds is 9. The van der Waals surface area contributed by atoms with Gasteiger partial charge in [0, 0.05) is 31.9 Å². The molecule has 4 heteroatoms. The lowest BCUT2D eigenvalue weighted by Crippen LogP contribution is -2.13. The molecule has 4 nitrogen and oxygen atoms in total. The zero-order valence-electron chi connectivity index (χ0n) is 12.5. The molecule has 20 heavy (non-hydrogen) atoms. The van der Waals surface area contributed by atoms with Gasteiger partial charge in [-0.3, -0.25) is 4.79 Å². The van der Waals surface area contributed by atoms with Crippen molar-refractivity contribution in [1.29, 1.82) is 0 Å². The highest BCUT2D eigenvalue weighted by Crippen LogP contribution is 2.10. The molecule has 0 atom stereocenters. The van der Waals surface area contributed by atoms with E-state index >= 15 is 0 Å². The van der Waals surface area contributed by atoms with Crippen LogP contribution in [0.1, 0.15) is 38.7 Å². The maximum Gasteiger partial charge on any atom is 0.224 e. The minimum absolute atomic E-state index is 0.0200. The van der Waals surface area contributed by atoms with E-state index in [1.54, 1.807) is 0 Å². The first-order valence-electron chi connectivity index (χ1n) is 7.28. The number of nitrogens with one attached hydrogen (secondary N) is 1. The lowest BCUT2D eigenvalue weighted by Gasteiger charge is -2.08. The molecule has 1 amide bonds. The Hall–Kier alpha value is -1.39. The Morgan fingerprint density at radius 1 is 1.35 bits per heavy atom. The molecule has 1 aromatic rings. The zero-order valence-corrected chi connectivity index (χ0v) is 12.5. The monoisotopic (exact) mass is 278 g/mol. The van der Waals surface area contributed by atoms with Crippen LogP contribution >= 0.6 is 0 Å². The van der Waals surface area contributed by atoms with Crippen molar-refractivity contribution in [1.82, 2.24) is 0 Å². The molecule has 0 radical (unpaired) electrons. The molecule has 0 aliphatic carbocycles. The lowest BCUT2D eigenvalue weighted by molar-refractivity contribution is -0.116. The minimum atomic E-state index is 0.0200. The Kier molecular flexibility index (Phi) is 7.92. The fourth-order valence-electron chi connectivity index (χ4n) is 1.76. The van der Waals surface area contributed by atoms with Crippen molar-refractivity contribution in [2.24, 2.45) is 11.7 Å². The zero-order chi connectivity index (χ0) is 14.8. The number of benzene rings is 1. The molecule has 0 aromatic heterocycles. The molecule has 0 heterocycles. The first kappa shape index (κ1) is 16.7. The highest BCUT2D eigenvalue weighted by molar-refractivity contribution is 5.90. The smallest absolute Gasteiger partial charge is 0.224 e. The van der Waals surface area contributed by atoms with Crippen molar-refractivity contribution in [3.63, 3.8) is 0 Å². The SMILES string of the molecule is CC(C)CCOCCCC(=O)Nc1cccc(CN)c1. The van der Waals surface area contributed by atoms with Gasteiger partial charge in [-0.2, -0.15) is 0 Å². The summed E-state index contributed by atoms with van der Waals surface area (Å²) in [4.78, 5) is 11.8. The average molecular weight is 278 g/mol. The first-order valence-corrected chi connectivity index (χ1v) is 7.28. The predicted molar refractivity (Wildman–Crippen MR) is 82.5 cm³/mol. The summed E-state index contributed by atoms with van der Waals surface area (Å²) < 4.78 is 5.49. The van der Waals surface area contributed by atoms with E-state index in [9.17, 15) is 4.79 Å². The highest BCUT2D eigenvalue weighted by atomic mass is 16.5. The van der Waals surface area contributed by atoms with Crippen LogP contribution in [0.4, 0.5) is 5.69 Å². The van der Waals surface area contributed by atoms with Crippen molar-refractivity contribution >= 4 is 11.6 Å². The van der Waals surface area contributed by atoms with E-state index in [4.69, 9.17) is 10.5 Å². The van der Waals surface area contributed by atoms with Gasteiger partial charge in [0.2, 0.25) is 5.91 Å². The molecule has 0 aliphatic rings. The van der Waals surface area contributed by atoms with E-state index in [0.29, 0.717) is 25.5 Å². The van der Waals surface area contributed by atoms with Gasteiger partial charge in [0.15, 0.2) is 0 Å². The van der Waals surface area contributed by atoms with Gasteiger partial charge in [-0.15, -0.1) is 0 Å². The molecular formula is C16H26N2O2. The summed E-state index contributed by atoms with van der Waals surface area (Å²) in [7, 11) is 0. The number of hydrogen-bond donors (Lipinski definition) is 2. The van der Waals surface area contributed by atoms with Crippen molar-refractivity contribution in [2.75, 3.05) is 18.5 Å². The summed E-state index contributed by atoms with van der Waals surface area (Å²) in [5.41, 5.74) is 7.39. The molecular weight excluding hydrogens is 252 g/mol. The molecule has 0 spiro atoms. The molecule has 0 fully saturated rings. The summed E-state index contributed by atoms with van der Waals surface area (Å²) in [5.74, 6) is 0.680. The van der Waals surface area contributed by atoms with Crippen molar-refractivity contribution in [3.8, 4) is 0 Å². The van der Waals surface area contributed by atoms with Gasteiger partial charge in [0.05, 0.1) is 0 Å². The lowest BCUT2D eigenvalue weighted by atomic mass is 10.1. The molecule has 0 bridgehead atoms. The minimum Gasteiger partial charge on any atom is -0.381 e. The van der Waals surface area contributed by atoms with Crippen LogP contribution in [0.3, 0.4) is 0 Å². The normalized spacial score (nSPS) is 10.8.